The van der Waals surface area contributed by atoms with Gasteiger partial charge in [-0.15, -0.1) is 0 Å². The fourth-order valence-electron chi connectivity index (χ4n) is 3.38. The number of aromatic nitrogens is 1. The first-order chi connectivity index (χ1) is 15.1. The van der Waals surface area contributed by atoms with Crippen molar-refractivity contribution < 1.29 is 4.42 Å². The van der Waals surface area contributed by atoms with Gasteiger partial charge in [-0.05, 0) is 47.5 Å². The van der Waals surface area contributed by atoms with Crippen molar-refractivity contribution in [2.24, 2.45) is 5.10 Å². The first-order valence-corrected chi connectivity index (χ1v) is 10.8. The lowest BCUT2D eigenvalue weighted by molar-refractivity contribution is 0.564. The van der Waals surface area contributed by atoms with Gasteiger partial charge in [0.1, 0.15) is 5.58 Å². The Morgan fingerprint density at radius 2 is 1.87 bits per heavy atom. The molecule has 2 aromatic heterocycles. The maximum Gasteiger partial charge on any atom is 0.345 e. The molecule has 152 valence electrons. The third-order valence-corrected chi connectivity index (χ3v) is 6.18. The summed E-state index contributed by atoms with van der Waals surface area (Å²) in [6.07, 6.45) is 1.66. The molecular weight excluding hydrogens is 430 g/mol. The number of anilines is 1. The standard InChI is InChI=1S/C24H16ClN3O2S/c1-14(15-6-9-17(25)10-7-15)27-28-24-26-13-22(31-24)20-12-19-18-5-3-2-4-16(18)8-11-21(19)30-23(20)29/h2-13H,1H3,(H,26,28). The number of rotatable bonds is 4. The molecule has 7 heteroatoms. The summed E-state index contributed by atoms with van der Waals surface area (Å²) in [4.78, 5) is 17.7. The zero-order chi connectivity index (χ0) is 21.4. The van der Waals surface area contributed by atoms with Crippen LogP contribution >= 0.6 is 22.9 Å². The van der Waals surface area contributed by atoms with E-state index in [-0.39, 0.29) is 5.63 Å². The van der Waals surface area contributed by atoms with E-state index in [1.807, 2.05) is 73.7 Å². The molecule has 0 atom stereocenters. The molecule has 1 N–H and O–H groups in total. The van der Waals surface area contributed by atoms with Gasteiger partial charge in [-0.2, -0.15) is 5.10 Å². The molecule has 0 amide bonds. The summed E-state index contributed by atoms with van der Waals surface area (Å²) in [5.41, 5.74) is 5.37. The van der Waals surface area contributed by atoms with Crippen LogP contribution < -0.4 is 11.1 Å². The summed E-state index contributed by atoms with van der Waals surface area (Å²) in [7, 11) is 0. The number of hydrogen-bond acceptors (Lipinski definition) is 6. The van der Waals surface area contributed by atoms with Crippen molar-refractivity contribution >= 4 is 55.5 Å². The number of hydrogen-bond donors (Lipinski definition) is 1. The second kappa shape index (κ2) is 7.98. The molecule has 0 bridgehead atoms. The van der Waals surface area contributed by atoms with Crippen molar-refractivity contribution in [2.75, 3.05) is 5.43 Å². The molecule has 0 aliphatic heterocycles. The second-order valence-corrected chi connectivity index (χ2v) is 8.46. The van der Waals surface area contributed by atoms with Crippen LogP contribution in [0.5, 0.6) is 0 Å². The zero-order valence-corrected chi connectivity index (χ0v) is 18.0. The number of nitrogens with zero attached hydrogens (tertiary/aromatic N) is 2. The number of fused-ring (bicyclic) bond motifs is 3. The van der Waals surface area contributed by atoms with E-state index in [1.54, 1.807) is 6.20 Å². The molecule has 5 rings (SSSR count). The molecule has 0 fully saturated rings. The SMILES string of the molecule is CC(=NNc1ncc(-c2cc3c(ccc4ccccc43)oc2=O)s1)c1ccc(Cl)cc1. The fraction of sp³-hybridized carbons (Fsp3) is 0.0417. The molecule has 0 radical (unpaired) electrons. The first-order valence-electron chi connectivity index (χ1n) is 9.56. The van der Waals surface area contributed by atoms with E-state index in [0.29, 0.717) is 26.2 Å². The molecule has 0 saturated carbocycles. The van der Waals surface area contributed by atoms with Crippen LogP contribution in [-0.2, 0) is 0 Å². The van der Waals surface area contributed by atoms with Crippen LogP contribution in [0.4, 0.5) is 5.13 Å². The summed E-state index contributed by atoms with van der Waals surface area (Å²) in [5, 5.41) is 8.67. The Labute approximate surface area is 186 Å². The highest BCUT2D eigenvalue weighted by Crippen LogP contribution is 2.31. The summed E-state index contributed by atoms with van der Waals surface area (Å²) in [5.74, 6) is 0. The van der Waals surface area contributed by atoms with Gasteiger partial charge in [0.15, 0.2) is 0 Å². The van der Waals surface area contributed by atoms with Gasteiger partial charge >= 0.3 is 5.63 Å². The lowest BCUT2D eigenvalue weighted by atomic mass is 10.0. The van der Waals surface area contributed by atoms with Crippen LogP contribution in [0.1, 0.15) is 12.5 Å². The molecule has 5 nitrogen and oxygen atoms in total. The molecule has 0 saturated heterocycles. The van der Waals surface area contributed by atoms with Crippen molar-refractivity contribution in [2.45, 2.75) is 6.92 Å². The van der Waals surface area contributed by atoms with E-state index in [4.69, 9.17) is 16.0 Å². The molecule has 0 aliphatic rings. The summed E-state index contributed by atoms with van der Waals surface area (Å²) < 4.78 is 5.59. The predicted molar refractivity (Wildman–Crippen MR) is 128 cm³/mol. The number of hydrazone groups is 1. The van der Waals surface area contributed by atoms with Crippen LogP contribution in [-0.4, -0.2) is 10.7 Å². The fourth-order valence-corrected chi connectivity index (χ4v) is 4.27. The van der Waals surface area contributed by atoms with Gasteiger partial charge in [0, 0.05) is 16.6 Å². The highest BCUT2D eigenvalue weighted by Gasteiger charge is 2.13. The molecule has 5 aromatic rings. The monoisotopic (exact) mass is 445 g/mol. The Kier molecular flexibility index (Phi) is 5.02. The second-order valence-electron chi connectivity index (χ2n) is 6.99. The first kappa shape index (κ1) is 19.5. The van der Waals surface area contributed by atoms with Crippen molar-refractivity contribution in [3.8, 4) is 10.4 Å². The molecule has 0 unspecified atom stereocenters. The Balaban J connectivity index is 1.48. The van der Waals surface area contributed by atoms with E-state index >= 15 is 0 Å². The van der Waals surface area contributed by atoms with Gasteiger partial charge in [-0.25, -0.2) is 9.78 Å². The number of thiazole rings is 1. The minimum Gasteiger partial charge on any atom is -0.422 e. The van der Waals surface area contributed by atoms with Crippen molar-refractivity contribution in [1.29, 1.82) is 0 Å². The molecule has 0 aliphatic carbocycles. The van der Waals surface area contributed by atoms with E-state index in [9.17, 15) is 4.79 Å². The minimum absolute atomic E-state index is 0.390. The van der Waals surface area contributed by atoms with Crippen LogP contribution in [0.3, 0.4) is 0 Å². The summed E-state index contributed by atoms with van der Waals surface area (Å²) in [6, 6.07) is 21.1. The van der Waals surface area contributed by atoms with Crippen LogP contribution in [0.2, 0.25) is 5.02 Å². The highest BCUT2D eigenvalue weighted by atomic mass is 35.5. The lowest BCUT2D eigenvalue weighted by Gasteiger charge is -2.04. The number of benzene rings is 3. The van der Waals surface area contributed by atoms with Crippen LogP contribution in [0.15, 0.2) is 87.2 Å². The Hall–Kier alpha value is -3.48. The number of nitrogens with one attached hydrogen (secondary N) is 1. The molecule has 3 aromatic carbocycles. The Bertz CT molecular complexity index is 1500. The quantitative estimate of drug-likeness (QED) is 0.147. The van der Waals surface area contributed by atoms with Crippen molar-refractivity contribution in [3.63, 3.8) is 0 Å². The maximum atomic E-state index is 12.6. The van der Waals surface area contributed by atoms with Gasteiger partial charge in [0.25, 0.3) is 0 Å². The van der Waals surface area contributed by atoms with E-state index in [0.717, 1.165) is 27.4 Å². The average Bonchev–Trinajstić information content (AvgIpc) is 3.26. The smallest absolute Gasteiger partial charge is 0.345 e. The zero-order valence-electron chi connectivity index (χ0n) is 16.4. The topological polar surface area (TPSA) is 67.5 Å². The molecule has 31 heavy (non-hydrogen) atoms. The number of halogens is 1. The van der Waals surface area contributed by atoms with Gasteiger partial charge in [0.05, 0.1) is 16.2 Å². The third-order valence-electron chi connectivity index (χ3n) is 4.99. The molecule has 2 heterocycles. The summed E-state index contributed by atoms with van der Waals surface area (Å²) >= 11 is 7.28. The maximum absolute atomic E-state index is 12.6. The van der Waals surface area contributed by atoms with Gasteiger partial charge < -0.3 is 4.42 Å². The van der Waals surface area contributed by atoms with E-state index in [2.05, 4.69) is 15.5 Å². The Morgan fingerprint density at radius 1 is 1.06 bits per heavy atom. The highest BCUT2D eigenvalue weighted by molar-refractivity contribution is 7.18. The third kappa shape index (κ3) is 3.83. The van der Waals surface area contributed by atoms with E-state index < -0.39 is 0 Å². The van der Waals surface area contributed by atoms with Gasteiger partial charge in [0.2, 0.25) is 5.13 Å². The van der Waals surface area contributed by atoms with Crippen molar-refractivity contribution in [3.05, 3.63) is 93.9 Å². The largest absolute Gasteiger partial charge is 0.422 e. The normalized spacial score (nSPS) is 11.9. The minimum atomic E-state index is -0.390. The lowest BCUT2D eigenvalue weighted by Crippen LogP contribution is -2.01. The van der Waals surface area contributed by atoms with Crippen LogP contribution in [0.25, 0.3) is 32.2 Å². The molecular formula is C24H16ClN3O2S. The predicted octanol–water partition coefficient (Wildman–Crippen LogP) is 6.56. The Morgan fingerprint density at radius 3 is 2.71 bits per heavy atom. The van der Waals surface area contributed by atoms with Crippen LogP contribution in [0, 0.1) is 0 Å². The van der Waals surface area contributed by atoms with E-state index in [1.165, 1.54) is 11.3 Å². The average molecular weight is 446 g/mol. The van der Waals surface area contributed by atoms with Gasteiger partial charge in [-0.3, -0.25) is 5.43 Å². The molecule has 0 spiro atoms. The summed E-state index contributed by atoms with van der Waals surface area (Å²) in [6.45, 7) is 1.90. The van der Waals surface area contributed by atoms with Gasteiger partial charge in [-0.1, -0.05) is 65.4 Å². The van der Waals surface area contributed by atoms with Crippen molar-refractivity contribution in [1.82, 2.24) is 4.98 Å².